The number of aryl methyl sites for hydroxylation is 1. The van der Waals surface area contributed by atoms with Crippen LogP contribution >= 0.6 is 11.6 Å². The lowest BCUT2D eigenvalue weighted by Gasteiger charge is -2.23. The number of aromatic hydroxyl groups is 1. The molecule has 3 rings (SSSR count). The highest BCUT2D eigenvalue weighted by Gasteiger charge is 2.14. The van der Waals surface area contributed by atoms with E-state index in [1.807, 2.05) is 12.1 Å². The molecule has 4 nitrogen and oxygen atoms in total. The third-order valence-electron chi connectivity index (χ3n) is 4.94. The van der Waals surface area contributed by atoms with Crippen molar-refractivity contribution in [3.8, 4) is 16.9 Å². The van der Waals surface area contributed by atoms with Gasteiger partial charge >= 0.3 is 0 Å². The van der Waals surface area contributed by atoms with Crippen molar-refractivity contribution < 1.29 is 9.90 Å². The van der Waals surface area contributed by atoms with Gasteiger partial charge in [0.15, 0.2) is 0 Å². The van der Waals surface area contributed by atoms with Crippen LogP contribution in [0.25, 0.3) is 11.1 Å². The fourth-order valence-electron chi connectivity index (χ4n) is 3.51. The molecule has 2 aromatic carbocycles. The molecular weight excluding hydrogens is 348 g/mol. The highest BCUT2D eigenvalue weighted by Crippen LogP contribution is 2.29. The number of benzene rings is 2. The Hall–Kier alpha value is -2.04. The van der Waals surface area contributed by atoms with Crippen LogP contribution in [0.5, 0.6) is 5.75 Å². The van der Waals surface area contributed by atoms with Crippen molar-refractivity contribution in [3.05, 3.63) is 52.5 Å². The van der Waals surface area contributed by atoms with Crippen molar-refractivity contribution in [1.29, 1.82) is 0 Å². The normalized spacial score (nSPS) is 17.1. The van der Waals surface area contributed by atoms with E-state index in [0.717, 1.165) is 36.1 Å². The summed E-state index contributed by atoms with van der Waals surface area (Å²) >= 11 is 6.14. The number of piperidine rings is 1. The lowest BCUT2D eigenvalue weighted by molar-refractivity contribution is 0.0963. The maximum Gasteiger partial charge on any atom is 0.252 e. The molecule has 0 spiro atoms. The first-order chi connectivity index (χ1) is 12.6. The van der Waals surface area contributed by atoms with Crippen LogP contribution in [0, 0.1) is 0 Å². The zero-order valence-corrected chi connectivity index (χ0v) is 15.8. The number of nitrogens with one attached hydrogen (secondary N) is 2. The van der Waals surface area contributed by atoms with Gasteiger partial charge in [-0.25, -0.2) is 0 Å². The van der Waals surface area contributed by atoms with Crippen LogP contribution in [0.2, 0.25) is 5.02 Å². The minimum atomic E-state index is -0.222. The molecule has 1 heterocycles. The molecule has 0 aliphatic carbocycles. The first kappa shape index (κ1) is 18.7. The molecule has 5 heteroatoms. The molecule has 138 valence electrons. The molecule has 0 saturated carbocycles. The average Bonchev–Trinajstić information content (AvgIpc) is 2.66. The summed E-state index contributed by atoms with van der Waals surface area (Å²) < 4.78 is 0. The molecule has 1 aliphatic heterocycles. The molecule has 1 saturated heterocycles. The van der Waals surface area contributed by atoms with E-state index in [9.17, 15) is 9.90 Å². The summed E-state index contributed by atoms with van der Waals surface area (Å²) in [5.74, 6) is 0.0196. The Morgan fingerprint density at radius 2 is 2.08 bits per heavy atom. The largest absolute Gasteiger partial charge is 0.508 e. The quantitative estimate of drug-likeness (QED) is 0.739. The SMILES string of the molecule is CNC(=O)c1cc(-c2cc(O)cc(CC[C@@H]3CCCCN3)c2)ccc1Cl. The molecule has 3 N–H and O–H groups in total. The van der Waals surface area contributed by atoms with Crippen molar-refractivity contribution >= 4 is 17.5 Å². The maximum absolute atomic E-state index is 12.0. The maximum atomic E-state index is 12.0. The molecule has 0 radical (unpaired) electrons. The Balaban J connectivity index is 1.82. The second kappa shape index (κ2) is 8.56. The number of carbonyl (C=O) groups is 1. The van der Waals surface area contributed by atoms with Gasteiger partial charge < -0.3 is 15.7 Å². The van der Waals surface area contributed by atoms with Gasteiger partial charge in [-0.1, -0.05) is 30.2 Å². The summed E-state index contributed by atoms with van der Waals surface area (Å²) in [4.78, 5) is 12.0. The smallest absolute Gasteiger partial charge is 0.252 e. The summed E-state index contributed by atoms with van der Waals surface area (Å²) in [5, 5.41) is 16.7. The van der Waals surface area contributed by atoms with E-state index in [1.165, 1.54) is 19.3 Å². The number of hydrogen-bond donors (Lipinski definition) is 3. The first-order valence-corrected chi connectivity index (χ1v) is 9.53. The summed E-state index contributed by atoms with van der Waals surface area (Å²) in [5.41, 5.74) is 3.28. The van der Waals surface area contributed by atoms with Crippen molar-refractivity contribution in [2.45, 2.75) is 38.1 Å². The first-order valence-electron chi connectivity index (χ1n) is 9.15. The third kappa shape index (κ3) is 4.57. The molecule has 0 bridgehead atoms. The summed E-state index contributed by atoms with van der Waals surface area (Å²) in [7, 11) is 1.58. The van der Waals surface area contributed by atoms with Crippen molar-refractivity contribution in [2.75, 3.05) is 13.6 Å². The lowest BCUT2D eigenvalue weighted by Crippen LogP contribution is -2.34. The van der Waals surface area contributed by atoms with E-state index in [2.05, 4.69) is 16.7 Å². The molecule has 1 fully saturated rings. The van der Waals surface area contributed by atoms with Gasteiger partial charge in [0.25, 0.3) is 5.91 Å². The van der Waals surface area contributed by atoms with E-state index < -0.39 is 0 Å². The van der Waals surface area contributed by atoms with E-state index >= 15 is 0 Å². The molecule has 2 aromatic rings. The van der Waals surface area contributed by atoms with Gasteiger partial charge in [0.2, 0.25) is 0 Å². The van der Waals surface area contributed by atoms with Crippen LogP contribution in [-0.4, -0.2) is 30.6 Å². The molecule has 0 unspecified atom stereocenters. The predicted octanol–water partition coefficient (Wildman–Crippen LogP) is 4.15. The van der Waals surface area contributed by atoms with Gasteiger partial charge in [-0.2, -0.15) is 0 Å². The van der Waals surface area contributed by atoms with Gasteiger partial charge in [0.05, 0.1) is 10.6 Å². The Morgan fingerprint density at radius 3 is 2.81 bits per heavy atom. The van der Waals surface area contributed by atoms with Crippen molar-refractivity contribution in [3.63, 3.8) is 0 Å². The monoisotopic (exact) mass is 372 g/mol. The zero-order valence-electron chi connectivity index (χ0n) is 15.0. The van der Waals surface area contributed by atoms with Crippen LogP contribution in [0.3, 0.4) is 0 Å². The molecule has 26 heavy (non-hydrogen) atoms. The van der Waals surface area contributed by atoms with E-state index in [4.69, 9.17) is 11.6 Å². The highest BCUT2D eigenvalue weighted by atomic mass is 35.5. The van der Waals surface area contributed by atoms with Gasteiger partial charge in [-0.3, -0.25) is 4.79 Å². The predicted molar refractivity (Wildman–Crippen MR) is 106 cm³/mol. The number of phenolic OH excluding ortho intramolecular Hbond substituents is 1. The standard InChI is InChI=1S/C21H25ClN2O2/c1-23-21(26)19-13-15(6-8-20(19)22)16-10-14(11-18(25)12-16)5-7-17-4-2-3-9-24-17/h6,8,10-13,17,24-25H,2-5,7,9H2,1H3,(H,23,26)/t17-/m0/s1. The third-order valence-corrected chi connectivity index (χ3v) is 5.27. The fraction of sp³-hybridized carbons (Fsp3) is 0.381. The molecule has 1 amide bonds. The van der Waals surface area contributed by atoms with Crippen LogP contribution in [0.15, 0.2) is 36.4 Å². The number of rotatable bonds is 5. The summed E-state index contributed by atoms with van der Waals surface area (Å²) in [6, 6.07) is 11.5. The minimum Gasteiger partial charge on any atom is -0.508 e. The van der Waals surface area contributed by atoms with E-state index in [-0.39, 0.29) is 11.7 Å². The van der Waals surface area contributed by atoms with E-state index in [1.54, 1.807) is 25.2 Å². The van der Waals surface area contributed by atoms with Gasteiger partial charge in [-0.15, -0.1) is 0 Å². The number of hydrogen-bond acceptors (Lipinski definition) is 3. The minimum absolute atomic E-state index is 0.222. The number of halogens is 1. The van der Waals surface area contributed by atoms with Crippen LogP contribution in [0.4, 0.5) is 0 Å². The summed E-state index contributed by atoms with van der Waals surface area (Å²) in [6.07, 6.45) is 5.74. The summed E-state index contributed by atoms with van der Waals surface area (Å²) in [6.45, 7) is 1.10. The second-order valence-electron chi connectivity index (χ2n) is 6.85. The second-order valence-corrected chi connectivity index (χ2v) is 7.25. The average molecular weight is 373 g/mol. The lowest BCUT2D eigenvalue weighted by atomic mass is 9.95. The Kier molecular flexibility index (Phi) is 6.17. The Labute approximate surface area is 159 Å². The van der Waals surface area contributed by atoms with Crippen LogP contribution < -0.4 is 10.6 Å². The number of phenols is 1. The Bertz CT molecular complexity index is 786. The molecular formula is C21H25ClN2O2. The fourth-order valence-corrected chi connectivity index (χ4v) is 3.71. The molecule has 1 atom stereocenters. The molecule has 0 aromatic heterocycles. The zero-order chi connectivity index (χ0) is 18.5. The molecule has 1 aliphatic rings. The van der Waals surface area contributed by atoms with Gasteiger partial charge in [-0.05, 0) is 73.2 Å². The van der Waals surface area contributed by atoms with Crippen molar-refractivity contribution in [1.82, 2.24) is 10.6 Å². The van der Waals surface area contributed by atoms with Crippen molar-refractivity contribution in [2.24, 2.45) is 0 Å². The highest BCUT2D eigenvalue weighted by molar-refractivity contribution is 6.34. The van der Waals surface area contributed by atoms with Gasteiger partial charge in [0.1, 0.15) is 5.75 Å². The van der Waals surface area contributed by atoms with Crippen LogP contribution in [-0.2, 0) is 6.42 Å². The number of carbonyl (C=O) groups excluding carboxylic acids is 1. The number of amides is 1. The topological polar surface area (TPSA) is 61.4 Å². The Morgan fingerprint density at radius 1 is 1.23 bits per heavy atom. The van der Waals surface area contributed by atoms with E-state index in [0.29, 0.717) is 16.6 Å². The van der Waals surface area contributed by atoms with Gasteiger partial charge in [0, 0.05) is 13.1 Å². The van der Waals surface area contributed by atoms with Crippen LogP contribution in [0.1, 0.15) is 41.6 Å².